The fourth-order valence-corrected chi connectivity index (χ4v) is 2.71. The summed E-state index contributed by atoms with van der Waals surface area (Å²) in [5.41, 5.74) is 3.31. The van der Waals surface area contributed by atoms with Gasteiger partial charge in [-0.15, -0.1) is 0 Å². The molecule has 0 amide bonds. The SMILES string of the molecule is CC1=C(/C=C/C(C)=C/C=C/C(C)=C/C=O)C(C)(C)C[C@H](O)C1=O. The Labute approximate surface area is 138 Å². The molecule has 1 atom stereocenters. The van der Waals surface area contributed by atoms with Crippen LogP contribution in [0.5, 0.6) is 0 Å². The van der Waals surface area contributed by atoms with Crippen LogP contribution in [0.3, 0.4) is 0 Å². The first kappa shape index (κ1) is 19.0. The number of rotatable bonds is 5. The second-order valence-electron chi connectivity index (χ2n) is 6.66. The molecule has 0 fully saturated rings. The number of aliphatic hydroxyl groups excluding tert-OH is 1. The lowest BCUT2D eigenvalue weighted by molar-refractivity contribution is -0.125. The van der Waals surface area contributed by atoms with Crippen LogP contribution in [0.15, 0.2) is 58.7 Å². The molecule has 0 radical (unpaired) electrons. The van der Waals surface area contributed by atoms with Gasteiger partial charge in [0.25, 0.3) is 0 Å². The predicted molar refractivity (Wildman–Crippen MR) is 94.0 cm³/mol. The number of carbonyl (C=O) groups is 2. The van der Waals surface area contributed by atoms with E-state index in [9.17, 15) is 14.7 Å². The third kappa shape index (κ3) is 5.29. The Hall–Kier alpha value is -2.00. The van der Waals surface area contributed by atoms with Crippen molar-refractivity contribution in [3.8, 4) is 0 Å². The molecule has 0 spiro atoms. The first-order chi connectivity index (χ1) is 10.7. The molecule has 0 aromatic carbocycles. The molecule has 1 aliphatic rings. The second-order valence-corrected chi connectivity index (χ2v) is 6.66. The molecular weight excluding hydrogens is 288 g/mol. The molecule has 0 saturated carbocycles. The summed E-state index contributed by atoms with van der Waals surface area (Å²) in [7, 11) is 0. The molecule has 0 saturated heterocycles. The van der Waals surface area contributed by atoms with Gasteiger partial charge >= 0.3 is 0 Å². The Balaban J connectivity index is 2.96. The Kier molecular flexibility index (Phi) is 6.64. The molecule has 0 aromatic rings. The van der Waals surface area contributed by atoms with E-state index in [2.05, 4.69) is 0 Å². The number of aldehydes is 1. The molecule has 1 rings (SSSR count). The number of allylic oxidation sites excluding steroid dienone is 9. The highest BCUT2D eigenvalue weighted by Crippen LogP contribution is 2.39. The van der Waals surface area contributed by atoms with Gasteiger partial charge in [0.1, 0.15) is 12.4 Å². The van der Waals surface area contributed by atoms with Gasteiger partial charge in [0.15, 0.2) is 5.78 Å². The summed E-state index contributed by atoms with van der Waals surface area (Å²) in [4.78, 5) is 22.3. The summed E-state index contributed by atoms with van der Waals surface area (Å²) in [5, 5.41) is 9.83. The number of hydrogen-bond donors (Lipinski definition) is 1. The van der Waals surface area contributed by atoms with Crippen LogP contribution in [0.25, 0.3) is 0 Å². The van der Waals surface area contributed by atoms with Gasteiger partial charge in [-0.1, -0.05) is 49.8 Å². The smallest absolute Gasteiger partial charge is 0.187 e. The molecule has 124 valence electrons. The zero-order valence-corrected chi connectivity index (χ0v) is 14.6. The average Bonchev–Trinajstić information content (AvgIpc) is 2.44. The highest BCUT2D eigenvalue weighted by molar-refractivity contribution is 6.00. The number of carbonyl (C=O) groups excluding carboxylic acids is 2. The fourth-order valence-electron chi connectivity index (χ4n) is 2.71. The number of Topliss-reactive ketones (excluding diaryl/α,β-unsaturated/α-hetero) is 1. The van der Waals surface area contributed by atoms with Gasteiger partial charge in [0, 0.05) is 0 Å². The van der Waals surface area contributed by atoms with E-state index in [-0.39, 0.29) is 11.2 Å². The summed E-state index contributed by atoms with van der Waals surface area (Å²) in [6.07, 6.45) is 11.4. The van der Waals surface area contributed by atoms with Crippen LogP contribution in [-0.4, -0.2) is 23.3 Å². The minimum Gasteiger partial charge on any atom is -0.385 e. The normalized spacial score (nSPS) is 23.2. The van der Waals surface area contributed by atoms with Crippen LogP contribution in [0.4, 0.5) is 0 Å². The van der Waals surface area contributed by atoms with E-state index in [1.54, 1.807) is 6.92 Å². The van der Waals surface area contributed by atoms with Crippen molar-refractivity contribution in [1.29, 1.82) is 0 Å². The minimum absolute atomic E-state index is 0.180. The van der Waals surface area contributed by atoms with Crippen LogP contribution in [0.2, 0.25) is 0 Å². The minimum atomic E-state index is -0.894. The maximum absolute atomic E-state index is 12.0. The predicted octanol–water partition coefficient (Wildman–Crippen LogP) is 3.87. The van der Waals surface area contributed by atoms with Crippen molar-refractivity contribution in [2.45, 2.75) is 47.1 Å². The second kappa shape index (κ2) is 8.02. The summed E-state index contributed by atoms with van der Waals surface area (Å²) in [6, 6.07) is 0. The summed E-state index contributed by atoms with van der Waals surface area (Å²) in [5.74, 6) is -0.180. The van der Waals surface area contributed by atoms with Gasteiger partial charge in [-0.2, -0.15) is 0 Å². The van der Waals surface area contributed by atoms with Crippen molar-refractivity contribution in [3.63, 3.8) is 0 Å². The van der Waals surface area contributed by atoms with Crippen molar-refractivity contribution in [2.24, 2.45) is 5.41 Å². The highest BCUT2D eigenvalue weighted by Gasteiger charge is 2.36. The summed E-state index contributed by atoms with van der Waals surface area (Å²) in [6.45, 7) is 9.69. The largest absolute Gasteiger partial charge is 0.385 e. The van der Waals surface area contributed by atoms with Crippen molar-refractivity contribution in [3.05, 3.63) is 58.7 Å². The first-order valence-electron chi connectivity index (χ1n) is 7.78. The van der Waals surface area contributed by atoms with E-state index in [0.717, 1.165) is 23.0 Å². The molecule has 3 nitrogen and oxygen atoms in total. The number of ketones is 1. The Morgan fingerprint density at radius 3 is 2.39 bits per heavy atom. The molecule has 1 aliphatic carbocycles. The van der Waals surface area contributed by atoms with E-state index in [1.807, 2.05) is 58.1 Å². The van der Waals surface area contributed by atoms with Gasteiger partial charge in [0.05, 0.1) is 0 Å². The fraction of sp³-hybridized carbons (Fsp3) is 0.400. The monoisotopic (exact) mass is 314 g/mol. The molecule has 0 bridgehead atoms. The maximum Gasteiger partial charge on any atom is 0.187 e. The van der Waals surface area contributed by atoms with E-state index in [4.69, 9.17) is 0 Å². The number of hydrogen-bond acceptors (Lipinski definition) is 3. The van der Waals surface area contributed by atoms with Gasteiger partial charge in [-0.25, -0.2) is 0 Å². The maximum atomic E-state index is 12.0. The first-order valence-corrected chi connectivity index (χ1v) is 7.78. The number of aliphatic hydroxyl groups is 1. The van der Waals surface area contributed by atoms with Crippen molar-refractivity contribution < 1.29 is 14.7 Å². The van der Waals surface area contributed by atoms with E-state index >= 15 is 0 Å². The topological polar surface area (TPSA) is 54.4 Å². The van der Waals surface area contributed by atoms with Crippen LogP contribution >= 0.6 is 0 Å². The highest BCUT2D eigenvalue weighted by atomic mass is 16.3. The van der Waals surface area contributed by atoms with Crippen LogP contribution in [-0.2, 0) is 9.59 Å². The molecule has 0 heterocycles. The van der Waals surface area contributed by atoms with Gasteiger partial charge in [-0.05, 0) is 55.4 Å². The Bertz CT molecular complexity index is 625. The van der Waals surface area contributed by atoms with E-state index in [1.165, 1.54) is 6.08 Å². The lowest BCUT2D eigenvalue weighted by Gasteiger charge is -2.34. The van der Waals surface area contributed by atoms with Gasteiger partial charge in [0.2, 0.25) is 0 Å². The van der Waals surface area contributed by atoms with Crippen molar-refractivity contribution in [2.75, 3.05) is 0 Å². The molecule has 0 aromatic heterocycles. The van der Waals surface area contributed by atoms with Crippen LogP contribution < -0.4 is 0 Å². The van der Waals surface area contributed by atoms with Gasteiger partial charge < -0.3 is 5.11 Å². The van der Waals surface area contributed by atoms with Gasteiger partial charge in [-0.3, -0.25) is 9.59 Å². The van der Waals surface area contributed by atoms with Crippen LogP contribution in [0, 0.1) is 5.41 Å². The third-order valence-corrected chi connectivity index (χ3v) is 4.07. The third-order valence-electron chi connectivity index (χ3n) is 4.07. The lowest BCUT2D eigenvalue weighted by Crippen LogP contribution is -2.35. The average molecular weight is 314 g/mol. The molecular formula is C20H26O3. The molecule has 0 aliphatic heterocycles. The molecule has 0 unspecified atom stereocenters. The van der Waals surface area contributed by atoms with Crippen molar-refractivity contribution >= 4 is 12.1 Å². The molecule has 1 N–H and O–H groups in total. The van der Waals surface area contributed by atoms with Crippen molar-refractivity contribution in [1.82, 2.24) is 0 Å². The Morgan fingerprint density at radius 1 is 1.17 bits per heavy atom. The van der Waals surface area contributed by atoms with E-state index < -0.39 is 6.10 Å². The van der Waals surface area contributed by atoms with E-state index in [0.29, 0.717) is 12.0 Å². The zero-order valence-electron chi connectivity index (χ0n) is 14.6. The summed E-state index contributed by atoms with van der Waals surface area (Å²) < 4.78 is 0. The molecule has 23 heavy (non-hydrogen) atoms. The summed E-state index contributed by atoms with van der Waals surface area (Å²) >= 11 is 0. The van der Waals surface area contributed by atoms with Crippen LogP contribution in [0.1, 0.15) is 41.0 Å². The quantitative estimate of drug-likeness (QED) is 0.476. The Morgan fingerprint density at radius 2 is 1.78 bits per heavy atom. The molecule has 3 heteroatoms. The standard InChI is InChI=1S/C20H26O3/c1-14(7-6-8-15(2)11-12-21)9-10-17-16(3)19(23)18(22)13-20(17,4)5/h6-12,18,22H,13H2,1-5H3/b8-6+,10-9+,14-7+,15-11+/t18-/m0/s1. The zero-order chi connectivity index (χ0) is 17.6. The lowest BCUT2D eigenvalue weighted by atomic mass is 9.71.